The molecule has 0 spiro atoms. The van der Waals surface area contributed by atoms with Crippen LogP contribution in [0, 0.1) is 0 Å². The SMILES string of the molecule is CNC(=O)c1ccc(-c2cnn(-c3nc(-c4ccsc4)c4cc(OC)c(OC)cc4n3)c2)cc1. The molecule has 0 unspecified atom stereocenters. The van der Waals surface area contributed by atoms with Crippen LogP contribution in [0.5, 0.6) is 11.5 Å². The molecule has 5 aromatic rings. The second kappa shape index (κ2) is 8.95. The third kappa shape index (κ3) is 3.86. The monoisotopic (exact) mass is 471 g/mol. The van der Waals surface area contributed by atoms with Gasteiger partial charge in [-0.2, -0.15) is 16.4 Å². The highest BCUT2D eigenvalue weighted by atomic mass is 32.1. The molecule has 9 heteroatoms. The van der Waals surface area contributed by atoms with Gasteiger partial charge < -0.3 is 14.8 Å². The molecule has 0 fully saturated rings. The summed E-state index contributed by atoms with van der Waals surface area (Å²) in [5.41, 5.74) is 4.91. The summed E-state index contributed by atoms with van der Waals surface area (Å²) in [5.74, 6) is 1.52. The summed E-state index contributed by atoms with van der Waals surface area (Å²) in [7, 11) is 4.82. The van der Waals surface area contributed by atoms with Crippen molar-refractivity contribution in [1.82, 2.24) is 25.1 Å². The average Bonchev–Trinajstić information content (AvgIpc) is 3.60. The van der Waals surface area contributed by atoms with Crippen molar-refractivity contribution in [2.45, 2.75) is 0 Å². The van der Waals surface area contributed by atoms with Crippen molar-refractivity contribution in [3.8, 4) is 39.8 Å². The predicted molar refractivity (Wildman–Crippen MR) is 132 cm³/mol. The number of ether oxygens (including phenoxy) is 2. The van der Waals surface area contributed by atoms with Crippen LogP contribution in [0.25, 0.3) is 39.2 Å². The van der Waals surface area contributed by atoms with Crippen molar-refractivity contribution >= 4 is 28.1 Å². The van der Waals surface area contributed by atoms with E-state index in [0.29, 0.717) is 23.0 Å². The number of benzene rings is 2. The molecule has 0 saturated carbocycles. The fraction of sp³-hybridized carbons (Fsp3) is 0.120. The number of rotatable bonds is 6. The number of carbonyl (C=O) groups excluding carboxylic acids is 1. The molecule has 0 aliphatic heterocycles. The quantitative estimate of drug-likeness (QED) is 0.390. The van der Waals surface area contributed by atoms with Crippen LogP contribution in [0.4, 0.5) is 0 Å². The minimum absolute atomic E-state index is 0.125. The second-order valence-corrected chi connectivity index (χ2v) is 8.22. The minimum Gasteiger partial charge on any atom is -0.493 e. The summed E-state index contributed by atoms with van der Waals surface area (Å²) < 4.78 is 12.6. The fourth-order valence-corrected chi connectivity index (χ4v) is 4.35. The van der Waals surface area contributed by atoms with Crippen LogP contribution in [0.1, 0.15) is 10.4 Å². The van der Waals surface area contributed by atoms with Crippen molar-refractivity contribution in [3.05, 3.63) is 71.2 Å². The number of hydrogen-bond acceptors (Lipinski definition) is 7. The maximum Gasteiger partial charge on any atom is 0.251 e. The fourth-order valence-electron chi connectivity index (χ4n) is 3.70. The topological polar surface area (TPSA) is 91.2 Å². The molecule has 3 heterocycles. The summed E-state index contributed by atoms with van der Waals surface area (Å²) in [5, 5.41) is 12.0. The Morgan fingerprint density at radius 3 is 2.41 bits per heavy atom. The summed E-state index contributed by atoms with van der Waals surface area (Å²) in [4.78, 5) is 21.4. The Labute approximate surface area is 199 Å². The molecule has 1 N–H and O–H groups in total. The van der Waals surface area contributed by atoms with Gasteiger partial charge in [-0.3, -0.25) is 4.79 Å². The van der Waals surface area contributed by atoms with Crippen molar-refractivity contribution < 1.29 is 14.3 Å². The lowest BCUT2D eigenvalue weighted by atomic mass is 10.1. The van der Waals surface area contributed by atoms with Crippen LogP contribution in [0.2, 0.25) is 0 Å². The van der Waals surface area contributed by atoms with E-state index < -0.39 is 0 Å². The Bertz CT molecular complexity index is 1480. The first-order valence-corrected chi connectivity index (χ1v) is 11.4. The molecule has 1 amide bonds. The maximum atomic E-state index is 11.8. The predicted octanol–water partition coefficient (Wildman–Crippen LogP) is 4.59. The Kier molecular flexibility index (Phi) is 5.69. The highest BCUT2D eigenvalue weighted by Crippen LogP contribution is 2.36. The Hall–Kier alpha value is -4.24. The van der Waals surface area contributed by atoms with Gasteiger partial charge >= 0.3 is 0 Å². The van der Waals surface area contributed by atoms with E-state index in [1.165, 1.54) is 0 Å². The van der Waals surface area contributed by atoms with Gasteiger partial charge in [-0.15, -0.1) is 0 Å². The van der Waals surface area contributed by atoms with Crippen molar-refractivity contribution in [2.24, 2.45) is 0 Å². The zero-order chi connectivity index (χ0) is 23.7. The van der Waals surface area contributed by atoms with E-state index in [1.807, 2.05) is 47.3 Å². The summed E-state index contributed by atoms with van der Waals surface area (Å²) in [6.07, 6.45) is 3.62. The highest BCUT2D eigenvalue weighted by Gasteiger charge is 2.16. The number of nitrogens with one attached hydrogen (secondary N) is 1. The number of fused-ring (bicyclic) bond motifs is 1. The van der Waals surface area contributed by atoms with Gasteiger partial charge in [0.2, 0.25) is 0 Å². The van der Waals surface area contributed by atoms with Crippen LogP contribution in [0.3, 0.4) is 0 Å². The molecule has 0 radical (unpaired) electrons. The van der Waals surface area contributed by atoms with E-state index in [4.69, 9.17) is 19.4 Å². The Morgan fingerprint density at radius 1 is 0.971 bits per heavy atom. The van der Waals surface area contributed by atoms with Crippen LogP contribution in [0.15, 0.2) is 65.6 Å². The molecule has 0 bridgehead atoms. The van der Waals surface area contributed by atoms with E-state index in [2.05, 4.69) is 10.4 Å². The average molecular weight is 472 g/mol. The van der Waals surface area contributed by atoms with E-state index in [0.717, 1.165) is 33.3 Å². The van der Waals surface area contributed by atoms with Gasteiger partial charge in [0.05, 0.1) is 31.6 Å². The number of nitrogens with zero attached hydrogens (tertiary/aromatic N) is 4. The minimum atomic E-state index is -0.125. The van der Waals surface area contributed by atoms with E-state index in [1.54, 1.807) is 55.6 Å². The number of carbonyl (C=O) groups is 1. The van der Waals surface area contributed by atoms with Crippen LogP contribution in [-0.2, 0) is 0 Å². The van der Waals surface area contributed by atoms with Gasteiger partial charge in [-0.25, -0.2) is 14.6 Å². The zero-order valence-electron chi connectivity index (χ0n) is 18.8. The lowest BCUT2D eigenvalue weighted by Crippen LogP contribution is -2.17. The molecule has 3 aromatic heterocycles. The first-order chi connectivity index (χ1) is 16.6. The first-order valence-electron chi connectivity index (χ1n) is 10.4. The van der Waals surface area contributed by atoms with E-state index >= 15 is 0 Å². The number of methoxy groups -OCH3 is 2. The standard InChI is InChI=1S/C25H21N5O3S/c1-26-24(31)16-6-4-15(5-7-16)18-12-27-30(13-18)25-28-20-11-22(33-3)21(32-2)10-19(20)23(29-25)17-8-9-34-14-17/h4-14H,1-3H3,(H,26,31). The first kappa shape index (κ1) is 21.6. The molecule has 0 atom stereocenters. The van der Waals surface area contributed by atoms with Crippen LogP contribution >= 0.6 is 11.3 Å². The summed E-state index contributed by atoms with van der Waals surface area (Å²) in [6.45, 7) is 0. The molecule has 0 aliphatic rings. The molecule has 8 nitrogen and oxygen atoms in total. The van der Waals surface area contributed by atoms with Gasteiger partial charge in [0.25, 0.3) is 11.9 Å². The van der Waals surface area contributed by atoms with Gasteiger partial charge in [0.15, 0.2) is 11.5 Å². The lowest BCUT2D eigenvalue weighted by Gasteiger charge is -2.12. The van der Waals surface area contributed by atoms with E-state index in [9.17, 15) is 4.79 Å². The molecular weight excluding hydrogens is 450 g/mol. The Morgan fingerprint density at radius 2 is 1.74 bits per heavy atom. The zero-order valence-corrected chi connectivity index (χ0v) is 19.6. The number of aromatic nitrogens is 4. The van der Waals surface area contributed by atoms with Gasteiger partial charge in [0, 0.05) is 46.8 Å². The van der Waals surface area contributed by atoms with Gasteiger partial charge in [0.1, 0.15) is 0 Å². The molecule has 0 aliphatic carbocycles. The van der Waals surface area contributed by atoms with E-state index in [-0.39, 0.29) is 5.91 Å². The normalized spacial score (nSPS) is 10.9. The van der Waals surface area contributed by atoms with Crippen molar-refractivity contribution in [3.63, 3.8) is 0 Å². The van der Waals surface area contributed by atoms with Crippen molar-refractivity contribution in [2.75, 3.05) is 21.3 Å². The number of hydrogen-bond donors (Lipinski definition) is 1. The van der Waals surface area contributed by atoms with Gasteiger partial charge in [-0.1, -0.05) is 12.1 Å². The largest absolute Gasteiger partial charge is 0.493 e. The smallest absolute Gasteiger partial charge is 0.251 e. The molecule has 170 valence electrons. The molecule has 2 aromatic carbocycles. The second-order valence-electron chi connectivity index (χ2n) is 7.44. The number of amides is 1. The molecule has 5 rings (SSSR count). The molecular formula is C25H21N5O3S. The van der Waals surface area contributed by atoms with Gasteiger partial charge in [-0.05, 0) is 35.2 Å². The lowest BCUT2D eigenvalue weighted by molar-refractivity contribution is 0.0963. The number of thiophene rings is 1. The van der Waals surface area contributed by atoms with Crippen LogP contribution < -0.4 is 14.8 Å². The molecule has 34 heavy (non-hydrogen) atoms. The Balaban J connectivity index is 1.60. The highest BCUT2D eigenvalue weighted by molar-refractivity contribution is 7.08. The third-order valence-corrected chi connectivity index (χ3v) is 6.16. The maximum absolute atomic E-state index is 11.8. The summed E-state index contributed by atoms with van der Waals surface area (Å²) in [6, 6.07) is 13.1. The summed E-state index contributed by atoms with van der Waals surface area (Å²) >= 11 is 1.60. The third-order valence-electron chi connectivity index (χ3n) is 5.48. The van der Waals surface area contributed by atoms with Crippen molar-refractivity contribution in [1.29, 1.82) is 0 Å². The molecule has 0 saturated heterocycles. The van der Waals surface area contributed by atoms with Crippen LogP contribution in [-0.4, -0.2) is 46.9 Å².